The number of para-hydroxylation sites is 1. The van der Waals surface area contributed by atoms with Crippen LogP contribution < -0.4 is 37.6 Å². The number of aromatic nitrogens is 3. The molecule has 0 aliphatic heterocycles. The van der Waals surface area contributed by atoms with Crippen LogP contribution in [0.1, 0.15) is 44.4 Å². The van der Waals surface area contributed by atoms with Gasteiger partial charge in [0.1, 0.15) is 42.3 Å². The summed E-state index contributed by atoms with van der Waals surface area (Å²) in [6, 6.07) is -3.77. The number of carbonyl (C=O) groups excluding carboxylic acids is 6. The number of nitrogens with one attached hydrogen (secondary N) is 8. The molecule has 3 aromatic rings. The third kappa shape index (κ3) is 15.1. The highest BCUT2D eigenvalue weighted by molar-refractivity contribution is 7.98. The molecule has 0 saturated heterocycles. The highest BCUT2D eigenvalue weighted by Gasteiger charge is 2.35. The van der Waals surface area contributed by atoms with Crippen LogP contribution in [-0.2, 0) is 51.2 Å². The van der Waals surface area contributed by atoms with Crippen molar-refractivity contribution in [2.75, 3.05) is 18.6 Å². The van der Waals surface area contributed by atoms with E-state index < -0.39 is 121 Å². The number of carboxylic acid groups (broad SMARTS) is 2. The molecule has 62 heavy (non-hydrogen) atoms. The number of nitrogens with zero attached hydrogens (tertiary/aromatic N) is 1. The predicted octanol–water partition coefficient (Wildman–Crippen LogP) is -3.63. The van der Waals surface area contributed by atoms with E-state index >= 15 is 0 Å². The molecular weight excluding hydrogens is 837 g/mol. The van der Waals surface area contributed by atoms with Crippen molar-refractivity contribution in [3.63, 3.8) is 0 Å². The van der Waals surface area contributed by atoms with Gasteiger partial charge >= 0.3 is 11.9 Å². The van der Waals surface area contributed by atoms with Crippen LogP contribution in [0.15, 0.2) is 43.0 Å². The standard InChI is InChI=1S/C38H54N10O13S/c1-18(50)30(39)36(58)47-28(16-49)35(57)48-31(19(2)51)37(59)44-24(8-9-29(52)53)32(54)43-25(10-11-62-3)33(55)45-26(12-20-14-41-23-7-5-4-6-22(20)23)34(56)46-27(38(60)61)13-21-15-40-17-42-21/h4-7,14-15,17-19,24-28,30-31,41,49-51H,8-13,16,39H2,1-3H3,(H,40,42)(H,43,54)(H,44,59)(H,45,55)(H,46,56)(H,47,58)(H,48,57)(H,52,53)(H,60,61)/t18-,19-,24+,25+,26+,27+,28+,30+,31+/m1/s1. The number of rotatable bonds is 26. The van der Waals surface area contributed by atoms with Crippen molar-refractivity contribution in [2.45, 2.75) is 100 Å². The van der Waals surface area contributed by atoms with E-state index in [-0.39, 0.29) is 25.0 Å². The van der Waals surface area contributed by atoms with Crippen molar-refractivity contribution in [1.82, 2.24) is 46.9 Å². The summed E-state index contributed by atoms with van der Waals surface area (Å²) in [7, 11) is 0. The first-order valence-corrected chi connectivity index (χ1v) is 20.8. The van der Waals surface area contributed by atoms with Gasteiger partial charge in [0.15, 0.2) is 0 Å². The molecule has 6 amide bonds. The van der Waals surface area contributed by atoms with E-state index in [9.17, 15) is 63.9 Å². The number of aromatic amines is 2. The van der Waals surface area contributed by atoms with Crippen molar-refractivity contribution in [3.8, 4) is 0 Å². The number of benzene rings is 1. The van der Waals surface area contributed by atoms with Crippen LogP contribution in [-0.4, -0.2) is 161 Å². The van der Waals surface area contributed by atoms with Gasteiger partial charge in [0, 0.05) is 48.3 Å². The second-order valence-corrected chi connectivity index (χ2v) is 15.4. The second kappa shape index (κ2) is 24.4. The lowest BCUT2D eigenvalue weighted by Crippen LogP contribution is -2.62. The topological polar surface area (TPSA) is 380 Å². The molecule has 0 aliphatic carbocycles. The van der Waals surface area contributed by atoms with Crippen molar-refractivity contribution >= 4 is 70.0 Å². The maximum absolute atomic E-state index is 14.1. The highest BCUT2D eigenvalue weighted by Crippen LogP contribution is 2.20. The fourth-order valence-electron chi connectivity index (χ4n) is 6.01. The second-order valence-electron chi connectivity index (χ2n) is 14.4. The number of nitrogens with two attached hydrogens (primary N) is 1. The van der Waals surface area contributed by atoms with Crippen LogP contribution >= 0.6 is 11.8 Å². The molecule has 1 aromatic carbocycles. The zero-order chi connectivity index (χ0) is 46.1. The van der Waals surface area contributed by atoms with Gasteiger partial charge in [-0.05, 0) is 50.3 Å². The van der Waals surface area contributed by atoms with Gasteiger partial charge in [-0.3, -0.25) is 33.6 Å². The zero-order valence-electron chi connectivity index (χ0n) is 34.1. The third-order valence-electron chi connectivity index (χ3n) is 9.55. The molecule has 23 nitrogen and oxygen atoms in total. The van der Waals surface area contributed by atoms with Gasteiger partial charge in [0.05, 0.1) is 25.1 Å². The molecule has 2 aromatic heterocycles. The van der Waals surface area contributed by atoms with Crippen molar-refractivity contribution < 1.29 is 63.9 Å². The number of hydrogen-bond acceptors (Lipinski definition) is 14. The molecular formula is C38H54N10O13S. The summed E-state index contributed by atoms with van der Waals surface area (Å²) in [5.74, 6) is -8.59. The fourth-order valence-corrected chi connectivity index (χ4v) is 6.48. The van der Waals surface area contributed by atoms with Gasteiger partial charge in [0.2, 0.25) is 35.4 Å². The minimum absolute atomic E-state index is 0.0311. The van der Waals surface area contributed by atoms with E-state index in [0.717, 1.165) is 17.8 Å². The maximum atomic E-state index is 14.1. The molecule has 340 valence electrons. The molecule has 15 N–H and O–H groups in total. The largest absolute Gasteiger partial charge is 0.481 e. The molecule has 24 heteroatoms. The van der Waals surface area contributed by atoms with Crippen LogP contribution in [0, 0.1) is 0 Å². The zero-order valence-corrected chi connectivity index (χ0v) is 34.9. The summed E-state index contributed by atoms with van der Waals surface area (Å²) in [5.41, 5.74) is 7.31. The lowest BCUT2D eigenvalue weighted by Gasteiger charge is -2.28. The van der Waals surface area contributed by atoms with Gasteiger partial charge in [-0.15, -0.1) is 0 Å². The monoisotopic (exact) mass is 890 g/mol. The first kappa shape index (κ1) is 50.3. The average Bonchev–Trinajstić information content (AvgIpc) is 3.90. The quantitative estimate of drug-likeness (QED) is 0.0370. The predicted molar refractivity (Wildman–Crippen MR) is 222 cm³/mol. The average molecular weight is 891 g/mol. The molecule has 0 bridgehead atoms. The number of hydrogen-bond donors (Lipinski definition) is 14. The number of carbonyl (C=O) groups is 8. The summed E-state index contributed by atoms with van der Waals surface area (Å²) in [6.45, 7) is 1.33. The number of fused-ring (bicyclic) bond motifs is 1. The fraction of sp³-hybridized carbons (Fsp3) is 0.500. The Hall–Kier alpha value is -6.08. The Morgan fingerprint density at radius 2 is 1.31 bits per heavy atom. The smallest absolute Gasteiger partial charge is 0.326 e. The van der Waals surface area contributed by atoms with E-state index in [0.29, 0.717) is 11.3 Å². The van der Waals surface area contributed by atoms with Gasteiger partial charge in [-0.2, -0.15) is 11.8 Å². The summed E-state index contributed by atoms with van der Waals surface area (Å²) < 4.78 is 0. The molecule has 0 spiro atoms. The van der Waals surface area contributed by atoms with Crippen LogP contribution in [0.2, 0.25) is 0 Å². The SMILES string of the molecule is CSCC[C@H](NC(=O)[C@H](CCC(=O)O)NC(=O)[C@@H](NC(=O)[C@H](CO)NC(=O)[C@@H](N)[C@@H](C)O)[C@@H](C)O)C(=O)N[C@@H](Cc1c[nH]c2ccccc12)C(=O)N[C@@H](Cc1cnc[nH]1)C(=O)O. The van der Waals surface area contributed by atoms with E-state index in [1.54, 1.807) is 36.7 Å². The van der Waals surface area contributed by atoms with E-state index in [1.807, 2.05) is 0 Å². The number of carboxylic acids is 2. The number of aliphatic carboxylic acids is 2. The first-order valence-electron chi connectivity index (χ1n) is 19.4. The van der Waals surface area contributed by atoms with Crippen LogP contribution in [0.4, 0.5) is 0 Å². The Balaban J connectivity index is 1.87. The molecule has 2 heterocycles. The summed E-state index contributed by atoms with van der Waals surface area (Å²) in [6.07, 6.45) is 1.60. The first-order chi connectivity index (χ1) is 29.4. The summed E-state index contributed by atoms with van der Waals surface area (Å²) in [4.78, 5) is 114. The lowest BCUT2D eigenvalue weighted by atomic mass is 10.0. The molecule has 0 unspecified atom stereocenters. The number of amides is 6. The Morgan fingerprint density at radius 3 is 1.89 bits per heavy atom. The number of aliphatic hydroxyl groups is 3. The van der Waals surface area contributed by atoms with Gasteiger partial charge in [-0.25, -0.2) is 9.78 Å². The minimum atomic E-state index is -1.83. The summed E-state index contributed by atoms with van der Waals surface area (Å²) in [5, 5.41) is 64.0. The number of thioether (sulfide) groups is 1. The Bertz CT molecular complexity index is 2010. The Labute approximate surface area is 359 Å². The summed E-state index contributed by atoms with van der Waals surface area (Å²) >= 11 is 1.31. The molecule has 0 aliphatic rings. The Kier molecular flexibility index (Phi) is 19.8. The molecule has 0 radical (unpaired) electrons. The van der Waals surface area contributed by atoms with Crippen LogP contribution in [0.3, 0.4) is 0 Å². The van der Waals surface area contributed by atoms with Crippen molar-refractivity contribution in [2.24, 2.45) is 5.73 Å². The third-order valence-corrected chi connectivity index (χ3v) is 10.2. The van der Waals surface area contributed by atoms with E-state index in [2.05, 4.69) is 46.9 Å². The molecule has 9 atom stereocenters. The number of aliphatic hydroxyl groups excluding tert-OH is 3. The van der Waals surface area contributed by atoms with Gasteiger partial charge in [-0.1, -0.05) is 18.2 Å². The van der Waals surface area contributed by atoms with E-state index in [1.165, 1.54) is 31.2 Å². The number of H-pyrrole nitrogens is 2. The lowest BCUT2D eigenvalue weighted by molar-refractivity contribution is -0.142. The van der Waals surface area contributed by atoms with E-state index in [4.69, 9.17) is 5.73 Å². The van der Waals surface area contributed by atoms with Gasteiger partial charge in [0.25, 0.3) is 0 Å². The number of imidazole rings is 1. The van der Waals surface area contributed by atoms with Gasteiger partial charge < -0.3 is 73.1 Å². The molecule has 0 saturated carbocycles. The Morgan fingerprint density at radius 1 is 0.726 bits per heavy atom. The van der Waals surface area contributed by atoms with Crippen molar-refractivity contribution in [3.05, 3.63) is 54.2 Å². The van der Waals surface area contributed by atoms with Crippen LogP contribution in [0.5, 0.6) is 0 Å². The maximum Gasteiger partial charge on any atom is 0.326 e. The minimum Gasteiger partial charge on any atom is -0.481 e. The van der Waals surface area contributed by atoms with Crippen LogP contribution in [0.25, 0.3) is 10.9 Å². The van der Waals surface area contributed by atoms with Crippen molar-refractivity contribution in [1.29, 1.82) is 0 Å². The highest BCUT2D eigenvalue weighted by atomic mass is 32.2. The molecule has 3 rings (SSSR count). The molecule has 0 fully saturated rings. The normalized spacial score (nSPS) is 15.6.